The van der Waals surface area contributed by atoms with Gasteiger partial charge in [0.25, 0.3) is 0 Å². The fourth-order valence-electron chi connectivity index (χ4n) is 7.98. The molecule has 0 radical (unpaired) electrons. The van der Waals surface area contributed by atoms with Crippen molar-refractivity contribution in [1.29, 1.82) is 0 Å². The summed E-state index contributed by atoms with van der Waals surface area (Å²) in [7, 11) is 2.37. The molecule has 2 bridgehead atoms. The van der Waals surface area contributed by atoms with Crippen LogP contribution in [0.5, 0.6) is 0 Å². The number of nitrogens with zero attached hydrogens (tertiary/aromatic N) is 1. The van der Waals surface area contributed by atoms with E-state index in [4.69, 9.17) is 0 Å². The first-order valence-corrected chi connectivity index (χ1v) is 12.2. The van der Waals surface area contributed by atoms with E-state index in [0.717, 1.165) is 6.54 Å². The lowest BCUT2D eigenvalue weighted by molar-refractivity contribution is -0.483. The second-order valence-corrected chi connectivity index (χ2v) is 11.3. The third-order valence-corrected chi connectivity index (χ3v) is 9.81. The number of piperidine rings is 1. The molecule has 2 heteroatoms. The fraction of sp³-hybridized carbons (Fsp3) is 0.552. The van der Waals surface area contributed by atoms with Gasteiger partial charge in [-0.25, -0.2) is 4.99 Å². The smallest absolute Gasteiger partial charge is 0.166 e. The second-order valence-electron chi connectivity index (χ2n) is 11.3. The summed E-state index contributed by atoms with van der Waals surface area (Å²) in [6.45, 7) is 14.6. The van der Waals surface area contributed by atoms with Crippen LogP contribution >= 0.6 is 0 Å². The number of hydrogen-bond donors (Lipinski definition) is 1. The minimum absolute atomic E-state index is 0.0992. The molecule has 2 nitrogen and oxygen atoms in total. The molecule has 0 aromatic heterocycles. The lowest BCUT2D eigenvalue weighted by atomic mass is 9.37. The van der Waals surface area contributed by atoms with Crippen molar-refractivity contribution in [3.63, 3.8) is 0 Å². The molecule has 2 aliphatic carbocycles. The van der Waals surface area contributed by atoms with Gasteiger partial charge in [0.1, 0.15) is 0 Å². The largest absolute Gasteiger partial charge is 0.302 e. The molecule has 2 aromatic rings. The summed E-state index contributed by atoms with van der Waals surface area (Å²) in [5.74, 6) is 0. The summed E-state index contributed by atoms with van der Waals surface area (Å²) in [5.41, 5.74) is 9.81. The Morgan fingerprint density at radius 2 is 1.74 bits per heavy atom. The Labute approximate surface area is 188 Å². The van der Waals surface area contributed by atoms with Crippen LogP contribution in [0.4, 0.5) is 0 Å². The molecule has 2 fully saturated rings. The molecule has 31 heavy (non-hydrogen) atoms. The van der Waals surface area contributed by atoms with Gasteiger partial charge in [-0.1, -0.05) is 49.4 Å². The van der Waals surface area contributed by atoms with E-state index in [0.29, 0.717) is 11.5 Å². The van der Waals surface area contributed by atoms with Crippen molar-refractivity contribution in [2.24, 2.45) is 10.8 Å². The zero-order chi connectivity index (χ0) is 22.0. The maximum atomic E-state index is 3.96. The topological polar surface area (TPSA) is 17.2 Å². The number of fused-ring (bicyclic) bond motifs is 1. The number of rotatable bonds is 2. The first-order valence-electron chi connectivity index (χ1n) is 12.2. The van der Waals surface area contributed by atoms with Gasteiger partial charge in [0, 0.05) is 23.4 Å². The van der Waals surface area contributed by atoms with E-state index in [1.807, 2.05) is 0 Å². The summed E-state index contributed by atoms with van der Waals surface area (Å²) in [6, 6.07) is 16.3. The van der Waals surface area contributed by atoms with Gasteiger partial charge in [-0.15, -0.1) is 0 Å². The molecule has 5 rings (SSSR count). The van der Waals surface area contributed by atoms with Crippen LogP contribution in [-0.4, -0.2) is 30.2 Å². The predicted octanol–water partition coefficient (Wildman–Crippen LogP) is 4.35. The summed E-state index contributed by atoms with van der Waals surface area (Å²) >= 11 is 0. The average Bonchev–Trinajstić information content (AvgIpc) is 2.73. The van der Waals surface area contributed by atoms with Crippen LogP contribution in [0.25, 0.3) is 0 Å². The maximum absolute atomic E-state index is 3.96. The lowest BCUT2D eigenvalue weighted by Crippen LogP contribution is -2.81. The van der Waals surface area contributed by atoms with Gasteiger partial charge < -0.3 is 4.90 Å². The first kappa shape index (κ1) is 20.9. The Kier molecular flexibility index (Phi) is 4.75. The van der Waals surface area contributed by atoms with Crippen LogP contribution < -0.4 is 4.99 Å². The molecule has 3 aliphatic rings. The van der Waals surface area contributed by atoms with Gasteiger partial charge in [-0.05, 0) is 88.2 Å². The summed E-state index contributed by atoms with van der Waals surface area (Å²) in [4.78, 5) is 6.63. The number of likely N-dealkylation sites (tertiary alicyclic amines) is 1. The monoisotopic (exact) mass is 415 g/mol. The highest BCUT2D eigenvalue weighted by atomic mass is 15.2. The van der Waals surface area contributed by atoms with Crippen molar-refractivity contribution in [2.45, 2.75) is 78.3 Å². The maximum Gasteiger partial charge on any atom is 0.166 e. The van der Waals surface area contributed by atoms with Gasteiger partial charge >= 0.3 is 0 Å². The number of likely N-dealkylation sites (N-methyl/N-ethyl adjacent to an activating group) is 1. The highest BCUT2D eigenvalue weighted by Gasteiger charge is 2.70. The van der Waals surface area contributed by atoms with E-state index >= 15 is 0 Å². The van der Waals surface area contributed by atoms with Gasteiger partial charge in [0.05, 0.1) is 5.41 Å². The lowest BCUT2D eigenvalue weighted by Gasteiger charge is -2.69. The van der Waals surface area contributed by atoms with Crippen LogP contribution in [-0.2, 0) is 18.4 Å². The number of aryl methyl sites for hydroxylation is 1. The Morgan fingerprint density at radius 1 is 1.00 bits per heavy atom. The van der Waals surface area contributed by atoms with Crippen LogP contribution in [0.15, 0.2) is 42.5 Å². The van der Waals surface area contributed by atoms with Crippen LogP contribution in [0.1, 0.15) is 67.9 Å². The fourth-order valence-corrected chi connectivity index (χ4v) is 7.98. The van der Waals surface area contributed by atoms with E-state index < -0.39 is 0 Å². The molecular formula is C29H39N2+. The van der Waals surface area contributed by atoms with E-state index in [9.17, 15) is 0 Å². The SMILES string of the molecule is Cc1ccc2c(c1C)[C@]13CCN(C)[C@H](C2)C1(C)CCC(=[NH+]Cc1ccccc1)C3(C)C. The van der Waals surface area contributed by atoms with Crippen molar-refractivity contribution in [1.82, 2.24) is 4.90 Å². The molecule has 1 saturated heterocycles. The number of nitrogens with one attached hydrogen (secondary N) is 1. The molecule has 1 saturated carbocycles. The van der Waals surface area contributed by atoms with Gasteiger partial charge in [0.2, 0.25) is 0 Å². The van der Waals surface area contributed by atoms with Gasteiger partial charge in [-0.2, -0.15) is 0 Å². The molecule has 2 aromatic carbocycles. The quantitative estimate of drug-likeness (QED) is 0.772. The van der Waals surface area contributed by atoms with Gasteiger partial charge in [-0.3, -0.25) is 0 Å². The minimum Gasteiger partial charge on any atom is -0.302 e. The molecular weight excluding hydrogens is 376 g/mol. The van der Waals surface area contributed by atoms with E-state index in [-0.39, 0.29) is 10.8 Å². The average molecular weight is 416 g/mol. The van der Waals surface area contributed by atoms with Crippen LogP contribution in [0.2, 0.25) is 0 Å². The normalized spacial score (nSPS) is 33.1. The Bertz CT molecular complexity index is 1030. The molecule has 3 atom stereocenters. The summed E-state index contributed by atoms with van der Waals surface area (Å²) in [5, 5.41) is 0. The molecule has 1 unspecified atom stereocenters. The van der Waals surface area contributed by atoms with Crippen molar-refractivity contribution in [3.05, 3.63) is 70.3 Å². The third-order valence-electron chi connectivity index (χ3n) is 9.81. The molecule has 1 heterocycles. The summed E-state index contributed by atoms with van der Waals surface area (Å²) < 4.78 is 0. The van der Waals surface area contributed by atoms with Crippen molar-refractivity contribution < 1.29 is 4.99 Å². The zero-order valence-electron chi connectivity index (χ0n) is 20.3. The Balaban J connectivity index is 1.70. The number of hydrogen-bond acceptors (Lipinski definition) is 1. The van der Waals surface area contributed by atoms with E-state index in [1.165, 1.54) is 43.4 Å². The standard InChI is InChI=1S/C29H38N2/c1-20-12-13-23-18-25-28(5)15-14-24(30-19-22-10-8-7-9-11-22)27(3,4)29(28,16-17-31(25)6)26(23)21(20)2/h7-13,25H,14-19H2,1-6H3/p+1/t25-,28?,29+/m1/s1. The molecule has 0 amide bonds. The molecule has 1 aliphatic heterocycles. The van der Waals surface area contributed by atoms with E-state index in [1.54, 1.807) is 22.4 Å². The highest BCUT2D eigenvalue weighted by Crippen LogP contribution is 2.68. The highest BCUT2D eigenvalue weighted by molar-refractivity contribution is 5.88. The van der Waals surface area contributed by atoms with Crippen molar-refractivity contribution in [2.75, 3.05) is 13.6 Å². The summed E-state index contributed by atoms with van der Waals surface area (Å²) in [6.07, 6.45) is 4.91. The predicted molar refractivity (Wildman–Crippen MR) is 130 cm³/mol. The Morgan fingerprint density at radius 3 is 2.48 bits per heavy atom. The van der Waals surface area contributed by atoms with Crippen molar-refractivity contribution in [3.8, 4) is 0 Å². The van der Waals surface area contributed by atoms with Crippen LogP contribution in [0.3, 0.4) is 0 Å². The zero-order valence-corrected chi connectivity index (χ0v) is 20.3. The molecule has 0 spiro atoms. The third kappa shape index (κ3) is 2.70. The van der Waals surface area contributed by atoms with Crippen LogP contribution in [0, 0.1) is 24.7 Å². The Hall–Kier alpha value is -1.93. The minimum atomic E-state index is 0.0992. The van der Waals surface area contributed by atoms with E-state index in [2.05, 4.69) is 94.0 Å². The second kappa shape index (κ2) is 7.04. The molecule has 1 N–H and O–H groups in total. The first-order chi connectivity index (χ1) is 14.7. The number of benzene rings is 2. The van der Waals surface area contributed by atoms with Crippen molar-refractivity contribution >= 4 is 5.71 Å². The van der Waals surface area contributed by atoms with Gasteiger partial charge in [0.15, 0.2) is 12.3 Å². The molecule has 164 valence electrons.